The summed E-state index contributed by atoms with van der Waals surface area (Å²) in [6.45, 7) is 0. The molecule has 2 aromatic carbocycles. The topological polar surface area (TPSA) is 102 Å². The number of hydrogen-bond acceptors (Lipinski definition) is 5. The molecule has 1 aliphatic heterocycles. The number of nitrogens with zero attached hydrogens (tertiary/aromatic N) is 3. The van der Waals surface area contributed by atoms with Crippen LogP contribution in [-0.2, 0) is 10.5 Å². The largest absolute Gasteiger partial charge is 0.368 e. The van der Waals surface area contributed by atoms with E-state index >= 15 is 0 Å². The first-order valence-corrected chi connectivity index (χ1v) is 9.23. The minimum atomic E-state index is -1.55. The fourth-order valence-electron chi connectivity index (χ4n) is 3.14. The number of carbonyl (C=O) groups is 2. The van der Waals surface area contributed by atoms with Gasteiger partial charge in [-0.05, 0) is 18.2 Å². The van der Waals surface area contributed by atoms with Crippen molar-refractivity contribution in [2.24, 2.45) is 11.7 Å². The molecular weight excluding hydrogens is 360 g/mol. The minimum absolute atomic E-state index is 0.126. The molecule has 6 nitrogen and oxygen atoms in total. The van der Waals surface area contributed by atoms with Crippen molar-refractivity contribution in [3.05, 3.63) is 65.9 Å². The summed E-state index contributed by atoms with van der Waals surface area (Å²) in [6, 6.07) is 19.0. The summed E-state index contributed by atoms with van der Waals surface area (Å²) >= 11 is 1.59. The van der Waals surface area contributed by atoms with Gasteiger partial charge in [0.1, 0.15) is 5.69 Å². The zero-order valence-electron chi connectivity index (χ0n) is 14.1. The number of Topliss-reactive ketones (excluding diaryl/α,β-unsaturated/α-hetero) is 1. The van der Waals surface area contributed by atoms with Gasteiger partial charge < -0.3 is 5.73 Å². The van der Waals surface area contributed by atoms with E-state index < -0.39 is 17.6 Å². The number of nitrogens with two attached hydrogens (primary N) is 1. The highest BCUT2D eigenvalue weighted by atomic mass is 32.2. The molecule has 0 spiro atoms. The van der Waals surface area contributed by atoms with E-state index in [9.17, 15) is 14.9 Å². The smallest absolute Gasteiger partial charge is 0.242 e. The fourth-order valence-corrected chi connectivity index (χ4v) is 4.21. The number of benzene rings is 2. The quantitative estimate of drug-likeness (QED) is 0.559. The van der Waals surface area contributed by atoms with Gasteiger partial charge in [0.15, 0.2) is 5.92 Å². The zero-order valence-corrected chi connectivity index (χ0v) is 14.9. The van der Waals surface area contributed by atoms with Gasteiger partial charge in [0.25, 0.3) is 0 Å². The summed E-state index contributed by atoms with van der Waals surface area (Å²) in [5.74, 6) is -2.64. The number of nitriles is 1. The van der Waals surface area contributed by atoms with Gasteiger partial charge in [-0.15, -0.1) is 11.8 Å². The lowest BCUT2D eigenvalue weighted by Gasteiger charge is -2.18. The summed E-state index contributed by atoms with van der Waals surface area (Å²) in [5, 5.41) is 13.7. The van der Waals surface area contributed by atoms with E-state index in [0.717, 1.165) is 21.8 Å². The van der Waals surface area contributed by atoms with Crippen LogP contribution in [0.3, 0.4) is 0 Å². The lowest BCUT2D eigenvalue weighted by atomic mass is 9.98. The molecule has 0 radical (unpaired) electrons. The lowest BCUT2D eigenvalue weighted by molar-refractivity contribution is -0.119. The molecule has 132 valence electrons. The first kappa shape index (κ1) is 17.1. The molecule has 0 saturated heterocycles. The molecule has 3 aromatic rings. The number of aromatic nitrogens is 2. The summed E-state index contributed by atoms with van der Waals surface area (Å²) in [6.07, 6.45) is 0. The van der Waals surface area contributed by atoms with Crippen molar-refractivity contribution in [3.8, 4) is 23.0 Å². The van der Waals surface area contributed by atoms with Crippen LogP contribution in [-0.4, -0.2) is 21.5 Å². The van der Waals surface area contributed by atoms with Crippen molar-refractivity contribution in [1.82, 2.24) is 9.78 Å². The number of rotatable bonds is 4. The normalized spacial score (nSPS) is 13.1. The van der Waals surface area contributed by atoms with Crippen LogP contribution in [0.15, 0.2) is 59.5 Å². The van der Waals surface area contributed by atoms with Crippen LogP contribution in [0, 0.1) is 17.2 Å². The van der Waals surface area contributed by atoms with E-state index in [4.69, 9.17) is 5.73 Å². The second kappa shape index (κ2) is 6.74. The van der Waals surface area contributed by atoms with Crippen molar-refractivity contribution in [2.45, 2.75) is 10.6 Å². The van der Waals surface area contributed by atoms with Crippen molar-refractivity contribution in [1.29, 1.82) is 5.26 Å². The number of amides is 1. The average molecular weight is 374 g/mol. The van der Waals surface area contributed by atoms with E-state index in [2.05, 4.69) is 5.10 Å². The molecule has 1 aliphatic rings. The first-order chi connectivity index (χ1) is 13.1. The van der Waals surface area contributed by atoms with Crippen molar-refractivity contribution < 1.29 is 9.59 Å². The molecule has 0 aliphatic carbocycles. The third-order valence-corrected chi connectivity index (χ3v) is 5.51. The number of primary amides is 1. The maximum absolute atomic E-state index is 12.8. The van der Waals surface area contributed by atoms with E-state index in [0.29, 0.717) is 11.3 Å². The molecule has 1 unspecified atom stereocenters. The van der Waals surface area contributed by atoms with Crippen LogP contribution in [0.4, 0.5) is 0 Å². The maximum atomic E-state index is 12.8. The van der Waals surface area contributed by atoms with Crippen molar-refractivity contribution in [3.63, 3.8) is 0 Å². The minimum Gasteiger partial charge on any atom is -0.368 e. The Morgan fingerprint density at radius 2 is 1.85 bits per heavy atom. The summed E-state index contributed by atoms with van der Waals surface area (Å²) in [4.78, 5) is 25.5. The highest BCUT2D eigenvalue weighted by molar-refractivity contribution is 7.98. The second-order valence-electron chi connectivity index (χ2n) is 6.04. The summed E-state index contributed by atoms with van der Waals surface area (Å²) in [5.41, 5.74) is 8.64. The van der Waals surface area contributed by atoms with E-state index in [1.165, 1.54) is 0 Å². The molecule has 2 heterocycles. The number of carbonyl (C=O) groups excluding carboxylic acids is 2. The SMILES string of the molecule is N#CC(C(N)=O)C(=O)c1nn(-c2ccccc2)c2c1CSc1ccccc1-2. The van der Waals surface area contributed by atoms with Crippen molar-refractivity contribution >= 4 is 23.5 Å². The molecule has 7 heteroatoms. The third kappa shape index (κ3) is 2.80. The monoisotopic (exact) mass is 374 g/mol. The van der Waals surface area contributed by atoms with Crippen LogP contribution in [0.5, 0.6) is 0 Å². The van der Waals surface area contributed by atoms with Gasteiger partial charge in [0, 0.05) is 21.8 Å². The van der Waals surface area contributed by atoms with Gasteiger partial charge in [-0.2, -0.15) is 10.4 Å². The molecule has 0 bridgehead atoms. The molecule has 1 amide bonds. The molecule has 2 N–H and O–H groups in total. The molecule has 27 heavy (non-hydrogen) atoms. The number of fused-ring (bicyclic) bond motifs is 3. The van der Waals surface area contributed by atoms with Gasteiger partial charge in [-0.3, -0.25) is 9.59 Å². The van der Waals surface area contributed by atoms with Crippen LogP contribution in [0.2, 0.25) is 0 Å². The third-order valence-electron chi connectivity index (χ3n) is 4.41. The Kier molecular flexibility index (Phi) is 4.26. The Balaban J connectivity index is 1.97. The Morgan fingerprint density at radius 1 is 1.15 bits per heavy atom. The van der Waals surface area contributed by atoms with Crippen LogP contribution < -0.4 is 5.73 Å². The summed E-state index contributed by atoms with van der Waals surface area (Å²) < 4.78 is 1.70. The van der Waals surface area contributed by atoms with Gasteiger partial charge in [0.05, 0.1) is 17.5 Å². The van der Waals surface area contributed by atoms with Crippen LogP contribution in [0.1, 0.15) is 16.1 Å². The Labute approximate surface area is 159 Å². The second-order valence-corrected chi connectivity index (χ2v) is 7.05. The van der Waals surface area contributed by atoms with Gasteiger partial charge in [-0.25, -0.2) is 4.68 Å². The first-order valence-electron chi connectivity index (χ1n) is 8.24. The van der Waals surface area contributed by atoms with Gasteiger partial charge >= 0.3 is 0 Å². The van der Waals surface area contributed by atoms with E-state index in [-0.39, 0.29) is 5.69 Å². The lowest BCUT2D eigenvalue weighted by Crippen LogP contribution is -2.30. The fraction of sp³-hybridized carbons (Fsp3) is 0.100. The number of para-hydroxylation sites is 1. The van der Waals surface area contributed by atoms with Gasteiger partial charge in [0.2, 0.25) is 11.7 Å². The predicted molar refractivity (Wildman–Crippen MR) is 101 cm³/mol. The average Bonchev–Trinajstić information content (AvgIpc) is 3.09. The van der Waals surface area contributed by atoms with Crippen LogP contribution in [0.25, 0.3) is 16.9 Å². The highest BCUT2D eigenvalue weighted by Gasteiger charge is 2.34. The molecule has 1 atom stereocenters. The maximum Gasteiger partial charge on any atom is 0.242 e. The van der Waals surface area contributed by atoms with Crippen LogP contribution >= 0.6 is 11.8 Å². The Bertz CT molecular complexity index is 1100. The Morgan fingerprint density at radius 3 is 2.56 bits per heavy atom. The summed E-state index contributed by atoms with van der Waals surface area (Å²) in [7, 11) is 0. The van der Waals surface area contributed by atoms with E-state index in [1.807, 2.05) is 54.6 Å². The number of hydrogen-bond donors (Lipinski definition) is 1. The zero-order chi connectivity index (χ0) is 19.0. The Hall–Kier alpha value is -3.37. The number of ketones is 1. The van der Waals surface area contributed by atoms with Gasteiger partial charge in [-0.1, -0.05) is 36.4 Å². The highest BCUT2D eigenvalue weighted by Crippen LogP contribution is 2.43. The molecule has 1 aromatic heterocycles. The standard InChI is InChI=1S/C20H14N4O2S/c21-10-14(20(22)26)19(25)17-15-11-27-16-9-5-4-8-13(16)18(15)24(23-17)12-6-2-1-3-7-12/h1-9,14H,11H2,(H2,22,26). The number of thioether (sulfide) groups is 1. The van der Waals surface area contributed by atoms with Crippen molar-refractivity contribution in [2.75, 3.05) is 0 Å². The van der Waals surface area contributed by atoms with E-state index in [1.54, 1.807) is 22.5 Å². The predicted octanol–water partition coefficient (Wildman–Crippen LogP) is 2.95. The molecule has 0 saturated carbocycles. The molecular formula is C20H14N4O2S. The molecule has 4 rings (SSSR count). The molecule has 0 fully saturated rings.